The molecule has 2 aromatic heterocycles. The van der Waals surface area contributed by atoms with Crippen LogP contribution in [-0.2, 0) is 14.8 Å². The first-order valence-corrected chi connectivity index (χ1v) is 11.0. The van der Waals surface area contributed by atoms with Gasteiger partial charge in [0, 0.05) is 23.2 Å². The van der Waals surface area contributed by atoms with Crippen molar-refractivity contribution < 1.29 is 23.4 Å². The molecule has 1 aliphatic heterocycles. The third kappa shape index (κ3) is 4.20. The largest absolute Gasteiger partial charge is 0.387 e. The van der Waals surface area contributed by atoms with Gasteiger partial charge >= 0.3 is 0 Å². The first kappa shape index (κ1) is 21.9. The maximum absolute atomic E-state index is 11.6. The van der Waals surface area contributed by atoms with Crippen molar-refractivity contribution >= 4 is 32.7 Å². The van der Waals surface area contributed by atoms with Gasteiger partial charge in [-0.05, 0) is 18.2 Å². The Morgan fingerprint density at radius 2 is 2.09 bits per heavy atom. The van der Waals surface area contributed by atoms with Crippen LogP contribution in [0.15, 0.2) is 48.9 Å². The van der Waals surface area contributed by atoms with Crippen molar-refractivity contribution in [2.75, 3.05) is 11.9 Å². The fourth-order valence-corrected chi connectivity index (χ4v) is 3.85. The van der Waals surface area contributed by atoms with Crippen molar-refractivity contribution in [2.45, 2.75) is 24.5 Å². The van der Waals surface area contributed by atoms with Crippen LogP contribution in [0.25, 0.3) is 11.2 Å². The Hall–Kier alpha value is -3.34. The van der Waals surface area contributed by atoms with Crippen LogP contribution in [0.5, 0.6) is 0 Å². The summed E-state index contributed by atoms with van der Waals surface area (Å²) in [7, 11) is -3.71. The summed E-state index contributed by atoms with van der Waals surface area (Å²) in [5.74, 6) is 2.97. The number of rotatable bonds is 7. The fourth-order valence-electron chi connectivity index (χ4n) is 3.34. The van der Waals surface area contributed by atoms with Gasteiger partial charge in [0.2, 0.25) is 10.0 Å². The number of imidazole rings is 1. The molecular weight excluding hydrogens is 436 g/mol. The zero-order chi connectivity index (χ0) is 22.9. The summed E-state index contributed by atoms with van der Waals surface area (Å²) in [5.41, 5.74) is 2.15. The van der Waals surface area contributed by atoms with E-state index in [4.69, 9.17) is 11.2 Å². The Bertz CT molecular complexity index is 1300. The lowest BCUT2D eigenvalue weighted by atomic mass is 10.1. The SMILES string of the molecule is C#Cc1cccc(Nc2ncnc3c2ncn3C2OC(CNS(=O)(=O)C=C)C(O)C2O)c1. The average Bonchev–Trinajstić information content (AvgIpc) is 3.34. The number of fused-ring (bicyclic) bond motifs is 1. The molecule has 0 spiro atoms. The number of aromatic nitrogens is 4. The van der Waals surface area contributed by atoms with E-state index in [-0.39, 0.29) is 6.54 Å². The number of sulfonamides is 1. The summed E-state index contributed by atoms with van der Waals surface area (Å²) >= 11 is 0. The quantitative estimate of drug-likeness (QED) is 0.366. The molecule has 0 aliphatic carbocycles. The van der Waals surface area contributed by atoms with Crippen molar-refractivity contribution in [1.29, 1.82) is 0 Å². The van der Waals surface area contributed by atoms with Gasteiger partial charge in [-0.15, -0.1) is 6.42 Å². The maximum atomic E-state index is 11.6. The number of aliphatic hydroxyl groups is 2. The van der Waals surface area contributed by atoms with Crippen LogP contribution < -0.4 is 10.0 Å². The molecule has 166 valence electrons. The molecule has 0 amide bonds. The summed E-state index contributed by atoms with van der Waals surface area (Å²) in [5, 5.41) is 24.7. The molecule has 11 nitrogen and oxygen atoms in total. The zero-order valence-electron chi connectivity index (χ0n) is 16.7. The molecule has 1 aliphatic rings. The van der Waals surface area contributed by atoms with Crippen molar-refractivity contribution in [2.24, 2.45) is 0 Å². The highest BCUT2D eigenvalue weighted by Crippen LogP contribution is 2.32. The van der Waals surface area contributed by atoms with Gasteiger partial charge in [0.25, 0.3) is 0 Å². The summed E-state index contributed by atoms with van der Waals surface area (Å²) in [6, 6.07) is 7.20. The van der Waals surface area contributed by atoms with E-state index >= 15 is 0 Å². The molecule has 4 N–H and O–H groups in total. The summed E-state index contributed by atoms with van der Waals surface area (Å²) < 4.78 is 32.6. The standard InChI is InChI=1S/C20H20N6O5S/c1-3-12-6-5-7-13(8-12)25-18-15-19(22-10-21-18)26(11-23-15)20-17(28)16(27)14(31-20)9-24-32(29,30)4-2/h1,4-8,10-11,14,16-17,20,24,27-28H,2,9H2,(H,21,22,25). The van der Waals surface area contributed by atoms with Crippen LogP contribution >= 0.6 is 0 Å². The van der Waals surface area contributed by atoms with E-state index in [2.05, 4.69) is 37.5 Å². The molecule has 3 aromatic rings. The Morgan fingerprint density at radius 3 is 2.84 bits per heavy atom. The van der Waals surface area contributed by atoms with Gasteiger partial charge < -0.3 is 20.3 Å². The number of ether oxygens (including phenoxy) is 1. The normalized spacial score (nSPS) is 23.2. The summed E-state index contributed by atoms with van der Waals surface area (Å²) in [4.78, 5) is 12.8. The Labute approximate surface area is 183 Å². The van der Waals surface area contributed by atoms with E-state index in [0.29, 0.717) is 28.2 Å². The first-order valence-electron chi connectivity index (χ1n) is 9.48. The van der Waals surface area contributed by atoms with E-state index in [9.17, 15) is 18.6 Å². The molecule has 4 unspecified atom stereocenters. The monoisotopic (exact) mass is 456 g/mol. The lowest BCUT2D eigenvalue weighted by Gasteiger charge is -2.16. The third-order valence-corrected chi connectivity index (χ3v) is 5.98. The predicted octanol–water partition coefficient (Wildman–Crippen LogP) is 0.233. The van der Waals surface area contributed by atoms with E-state index in [0.717, 1.165) is 5.41 Å². The highest BCUT2D eigenvalue weighted by atomic mass is 32.2. The molecule has 3 heterocycles. The smallest absolute Gasteiger partial charge is 0.233 e. The van der Waals surface area contributed by atoms with Crippen LogP contribution in [0, 0.1) is 12.3 Å². The highest BCUT2D eigenvalue weighted by Gasteiger charge is 2.44. The number of aliphatic hydroxyl groups excluding tert-OH is 2. The fraction of sp³-hybridized carbons (Fsp3) is 0.250. The highest BCUT2D eigenvalue weighted by molar-refractivity contribution is 7.92. The molecule has 4 rings (SSSR count). The lowest BCUT2D eigenvalue weighted by molar-refractivity contribution is -0.0329. The van der Waals surface area contributed by atoms with Gasteiger partial charge in [-0.3, -0.25) is 4.57 Å². The van der Waals surface area contributed by atoms with Crippen LogP contribution in [0.2, 0.25) is 0 Å². The number of benzene rings is 1. The molecule has 1 aromatic carbocycles. The molecule has 12 heteroatoms. The summed E-state index contributed by atoms with van der Waals surface area (Å²) in [6.45, 7) is 2.96. The van der Waals surface area contributed by atoms with Gasteiger partial charge in [0.05, 0.1) is 6.33 Å². The molecule has 32 heavy (non-hydrogen) atoms. The number of terminal acetylenes is 1. The van der Waals surface area contributed by atoms with Gasteiger partial charge in [0.1, 0.15) is 24.6 Å². The van der Waals surface area contributed by atoms with Crippen LogP contribution in [0.3, 0.4) is 0 Å². The van der Waals surface area contributed by atoms with Crippen molar-refractivity contribution in [1.82, 2.24) is 24.2 Å². The van der Waals surface area contributed by atoms with E-state index in [1.54, 1.807) is 18.2 Å². The van der Waals surface area contributed by atoms with Crippen LogP contribution in [0.4, 0.5) is 11.5 Å². The van der Waals surface area contributed by atoms with Crippen molar-refractivity contribution in [3.63, 3.8) is 0 Å². The van der Waals surface area contributed by atoms with Crippen LogP contribution in [0.1, 0.15) is 11.8 Å². The van der Waals surface area contributed by atoms with E-state index in [1.165, 1.54) is 17.2 Å². The zero-order valence-corrected chi connectivity index (χ0v) is 17.5. The second-order valence-electron chi connectivity index (χ2n) is 7.00. The molecule has 1 fully saturated rings. The first-order chi connectivity index (χ1) is 15.3. The molecule has 0 radical (unpaired) electrons. The molecule has 1 saturated heterocycles. The minimum atomic E-state index is -3.71. The number of anilines is 2. The number of hydrogen-bond acceptors (Lipinski definition) is 9. The minimum absolute atomic E-state index is 0.247. The predicted molar refractivity (Wildman–Crippen MR) is 116 cm³/mol. The molecule has 0 bridgehead atoms. The number of nitrogens with zero attached hydrogens (tertiary/aromatic N) is 4. The van der Waals surface area contributed by atoms with Crippen LogP contribution in [-0.4, -0.2) is 63.0 Å². The van der Waals surface area contributed by atoms with Gasteiger partial charge in [-0.1, -0.05) is 18.6 Å². The van der Waals surface area contributed by atoms with E-state index in [1.807, 2.05) is 6.07 Å². The Kier molecular flexibility index (Phi) is 5.92. The maximum Gasteiger partial charge on any atom is 0.233 e. The topological polar surface area (TPSA) is 151 Å². The third-order valence-electron chi connectivity index (χ3n) is 4.97. The average molecular weight is 456 g/mol. The molecule has 4 atom stereocenters. The van der Waals surface area contributed by atoms with E-state index < -0.39 is 34.6 Å². The van der Waals surface area contributed by atoms with Crippen molar-refractivity contribution in [3.8, 4) is 12.3 Å². The number of nitrogens with one attached hydrogen (secondary N) is 2. The second-order valence-corrected chi connectivity index (χ2v) is 8.71. The lowest BCUT2D eigenvalue weighted by Crippen LogP contribution is -2.39. The van der Waals surface area contributed by atoms with Crippen molar-refractivity contribution in [3.05, 3.63) is 54.5 Å². The Balaban J connectivity index is 1.59. The Morgan fingerprint density at radius 1 is 1.28 bits per heavy atom. The molecular formula is C20H20N6O5S. The second kappa shape index (κ2) is 8.65. The van der Waals surface area contributed by atoms with Gasteiger partial charge in [0.15, 0.2) is 23.2 Å². The van der Waals surface area contributed by atoms with Gasteiger partial charge in [-0.2, -0.15) is 0 Å². The number of hydrogen-bond donors (Lipinski definition) is 4. The molecule has 0 saturated carbocycles. The van der Waals surface area contributed by atoms with Gasteiger partial charge in [-0.25, -0.2) is 28.1 Å². The minimum Gasteiger partial charge on any atom is -0.387 e. The summed E-state index contributed by atoms with van der Waals surface area (Å²) in [6.07, 6.45) is 3.45.